The lowest BCUT2D eigenvalue weighted by molar-refractivity contribution is 0.0539. The lowest BCUT2D eigenvalue weighted by Gasteiger charge is -2.59. The Morgan fingerprint density at radius 3 is 2.37 bits per heavy atom. The molecular weight excluding hydrogens is 272 g/mol. The summed E-state index contributed by atoms with van der Waals surface area (Å²) in [5.74, 6) is 3.00. The molecule has 0 amide bonds. The van der Waals surface area contributed by atoms with Crippen molar-refractivity contribution in [1.82, 2.24) is 0 Å². The molecule has 4 bridgehead atoms. The van der Waals surface area contributed by atoms with Gasteiger partial charge >= 0.3 is 0 Å². The molecule has 1 aromatic rings. The lowest BCUT2D eigenvalue weighted by atomic mass is 9.55. The van der Waals surface area contributed by atoms with Crippen molar-refractivity contribution in [2.75, 3.05) is 0 Å². The second kappa shape index (κ2) is 4.43. The number of hydrogen-bond donors (Lipinski definition) is 0. The van der Waals surface area contributed by atoms with Gasteiger partial charge in [-0.3, -0.25) is 0 Å². The number of benzene rings is 1. The fourth-order valence-corrected chi connectivity index (χ4v) is 7.57. The van der Waals surface area contributed by atoms with Crippen LogP contribution in [0.3, 0.4) is 0 Å². The average molecular weight is 293 g/mol. The number of alkyl halides is 1. The van der Waals surface area contributed by atoms with Gasteiger partial charge in [0, 0.05) is 15.4 Å². The zero-order valence-corrected chi connectivity index (χ0v) is 12.8. The van der Waals surface area contributed by atoms with Crippen molar-refractivity contribution in [3.63, 3.8) is 0 Å². The van der Waals surface area contributed by atoms with Crippen molar-refractivity contribution < 1.29 is 0 Å². The van der Waals surface area contributed by atoms with Crippen molar-refractivity contribution in [1.29, 1.82) is 0 Å². The molecule has 102 valence electrons. The molecule has 19 heavy (non-hydrogen) atoms. The summed E-state index contributed by atoms with van der Waals surface area (Å²) < 4.78 is 0.502. The Kier molecular flexibility index (Phi) is 2.93. The molecule has 4 aliphatic carbocycles. The number of rotatable bonds is 3. The van der Waals surface area contributed by atoms with E-state index >= 15 is 0 Å². The molecular formula is C17H21ClS. The van der Waals surface area contributed by atoms with Gasteiger partial charge < -0.3 is 0 Å². The van der Waals surface area contributed by atoms with E-state index in [1.165, 1.54) is 44.1 Å². The van der Waals surface area contributed by atoms with Gasteiger partial charge in [-0.1, -0.05) is 30.3 Å². The zero-order valence-electron chi connectivity index (χ0n) is 11.3. The molecule has 0 spiro atoms. The summed E-state index contributed by atoms with van der Waals surface area (Å²) in [6, 6.07) is 10.9. The van der Waals surface area contributed by atoms with E-state index < -0.39 is 0 Å². The molecule has 0 aliphatic heterocycles. The van der Waals surface area contributed by atoms with E-state index in [-0.39, 0.29) is 4.87 Å². The normalized spacial score (nSPS) is 43.6. The summed E-state index contributed by atoms with van der Waals surface area (Å²) in [7, 11) is 0. The van der Waals surface area contributed by atoms with Crippen LogP contribution in [-0.4, -0.2) is 9.62 Å². The molecule has 1 aromatic carbocycles. The monoisotopic (exact) mass is 292 g/mol. The fourth-order valence-electron chi connectivity index (χ4n) is 5.05. The standard InChI is InChI=1S/C17H21ClS/c18-16-7-14-6-15(8-16)10-17(9-14,12-16)19-11-13-4-2-1-3-5-13/h1-5,14-15H,6-12H2/t14-,15-,16?,17?/m0/s1. The molecule has 2 atom stereocenters. The summed E-state index contributed by atoms with van der Waals surface area (Å²) in [5, 5.41) is 0. The molecule has 0 aromatic heterocycles. The topological polar surface area (TPSA) is 0 Å². The molecule has 4 saturated carbocycles. The van der Waals surface area contributed by atoms with E-state index in [4.69, 9.17) is 11.6 Å². The third-order valence-electron chi connectivity index (χ3n) is 5.32. The Hall–Kier alpha value is -0.140. The quantitative estimate of drug-likeness (QED) is 0.686. The molecule has 4 fully saturated rings. The second-order valence-electron chi connectivity index (χ2n) is 7.07. The first kappa shape index (κ1) is 12.6. The van der Waals surface area contributed by atoms with Crippen LogP contribution in [0.4, 0.5) is 0 Å². The van der Waals surface area contributed by atoms with E-state index in [2.05, 4.69) is 42.1 Å². The first-order chi connectivity index (χ1) is 9.15. The molecule has 0 unspecified atom stereocenters. The predicted molar refractivity (Wildman–Crippen MR) is 83.7 cm³/mol. The van der Waals surface area contributed by atoms with Crippen molar-refractivity contribution >= 4 is 23.4 Å². The summed E-state index contributed by atoms with van der Waals surface area (Å²) in [5.41, 5.74) is 1.46. The minimum absolute atomic E-state index is 0.160. The van der Waals surface area contributed by atoms with Gasteiger partial charge in [0.1, 0.15) is 0 Å². The highest BCUT2D eigenvalue weighted by molar-refractivity contribution is 7.99. The Bertz CT molecular complexity index is 455. The molecule has 0 radical (unpaired) electrons. The van der Waals surface area contributed by atoms with E-state index in [0.29, 0.717) is 4.75 Å². The highest BCUT2D eigenvalue weighted by atomic mass is 35.5. The van der Waals surface area contributed by atoms with Crippen LogP contribution in [0.25, 0.3) is 0 Å². The van der Waals surface area contributed by atoms with Crippen LogP contribution < -0.4 is 0 Å². The van der Waals surface area contributed by atoms with Crippen LogP contribution in [0.5, 0.6) is 0 Å². The second-order valence-corrected chi connectivity index (χ2v) is 9.31. The summed E-state index contributed by atoms with van der Waals surface area (Å²) >= 11 is 9.09. The maximum absolute atomic E-state index is 6.89. The summed E-state index contributed by atoms with van der Waals surface area (Å²) in [4.78, 5) is 0.160. The van der Waals surface area contributed by atoms with Gasteiger partial charge in [-0.15, -0.1) is 11.6 Å². The van der Waals surface area contributed by atoms with Crippen LogP contribution in [0.1, 0.15) is 44.1 Å². The van der Waals surface area contributed by atoms with Crippen molar-refractivity contribution in [2.24, 2.45) is 11.8 Å². The van der Waals surface area contributed by atoms with E-state index in [9.17, 15) is 0 Å². The van der Waals surface area contributed by atoms with Crippen LogP contribution in [-0.2, 0) is 5.75 Å². The van der Waals surface area contributed by atoms with Crippen molar-refractivity contribution in [3.05, 3.63) is 35.9 Å². The molecule has 0 heterocycles. The molecule has 0 N–H and O–H groups in total. The maximum Gasteiger partial charge on any atom is 0.0465 e. The van der Waals surface area contributed by atoms with Gasteiger partial charge in [0.05, 0.1) is 0 Å². The third kappa shape index (κ3) is 2.34. The van der Waals surface area contributed by atoms with E-state index in [0.717, 1.165) is 17.6 Å². The Labute approximate surface area is 125 Å². The highest BCUT2D eigenvalue weighted by Gasteiger charge is 2.57. The minimum Gasteiger partial charge on any atom is -0.150 e. The van der Waals surface area contributed by atoms with Crippen LogP contribution >= 0.6 is 23.4 Å². The summed E-state index contributed by atoms with van der Waals surface area (Å²) in [6.45, 7) is 0. The van der Waals surface area contributed by atoms with E-state index in [1.807, 2.05) is 0 Å². The molecule has 4 aliphatic rings. The highest BCUT2D eigenvalue weighted by Crippen LogP contribution is 2.64. The number of thioether (sulfide) groups is 1. The van der Waals surface area contributed by atoms with E-state index in [1.54, 1.807) is 0 Å². The third-order valence-corrected chi connectivity index (χ3v) is 7.33. The number of halogens is 1. The molecule has 0 saturated heterocycles. The van der Waals surface area contributed by atoms with Crippen LogP contribution in [0.2, 0.25) is 0 Å². The SMILES string of the molecule is ClC12C[C@@H]3C[C@@H](C1)CC(SCc1ccccc1)(C3)C2. The van der Waals surface area contributed by atoms with Crippen LogP contribution in [0, 0.1) is 11.8 Å². The summed E-state index contributed by atoms with van der Waals surface area (Å²) in [6.07, 6.45) is 8.15. The first-order valence-corrected chi connectivity index (χ1v) is 8.88. The Balaban J connectivity index is 1.51. The Morgan fingerprint density at radius 1 is 1.05 bits per heavy atom. The van der Waals surface area contributed by atoms with Gasteiger partial charge in [-0.05, 0) is 55.9 Å². The number of hydrogen-bond acceptors (Lipinski definition) is 1. The average Bonchev–Trinajstić information content (AvgIpc) is 2.35. The molecule has 2 heteroatoms. The smallest absolute Gasteiger partial charge is 0.0465 e. The van der Waals surface area contributed by atoms with Crippen LogP contribution in [0.15, 0.2) is 30.3 Å². The van der Waals surface area contributed by atoms with Gasteiger partial charge in [0.2, 0.25) is 0 Å². The molecule has 0 nitrogen and oxygen atoms in total. The Morgan fingerprint density at radius 2 is 1.74 bits per heavy atom. The largest absolute Gasteiger partial charge is 0.150 e. The lowest BCUT2D eigenvalue weighted by Crippen LogP contribution is -2.55. The van der Waals surface area contributed by atoms with Crippen molar-refractivity contribution in [3.8, 4) is 0 Å². The first-order valence-electron chi connectivity index (χ1n) is 7.52. The predicted octanol–water partition coefficient (Wildman–Crippen LogP) is 5.25. The fraction of sp³-hybridized carbons (Fsp3) is 0.647. The molecule has 5 rings (SSSR count). The minimum atomic E-state index is 0.160. The van der Waals surface area contributed by atoms with Gasteiger partial charge in [0.15, 0.2) is 0 Å². The zero-order chi connectivity index (χ0) is 12.9. The van der Waals surface area contributed by atoms with Gasteiger partial charge in [0.25, 0.3) is 0 Å². The van der Waals surface area contributed by atoms with Gasteiger partial charge in [-0.25, -0.2) is 0 Å². The van der Waals surface area contributed by atoms with Gasteiger partial charge in [-0.2, -0.15) is 11.8 Å². The van der Waals surface area contributed by atoms with Crippen molar-refractivity contribution in [2.45, 2.75) is 53.9 Å². The maximum atomic E-state index is 6.89.